The maximum Gasteiger partial charge on any atom is 0.416 e. The van der Waals surface area contributed by atoms with E-state index in [1.54, 1.807) is 6.07 Å². The molecule has 0 N–H and O–H groups in total. The van der Waals surface area contributed by atoms with Gasteiger partial charge in [-0.25, -0.2) is 0 Å². The predicted molar refractivity (Wildman–Crippen MR) is 121 cm³/mol. The van der Waals surface area contributed by atoms with E-state index in [-0.39, 0.29) is 0 Å². The zero-order chi connectivity index (χ0) is 22.0. The molecule has 4 aromatic carbocycles. The minimum atomic E-state index is -4.37. The van der Waals surface area contributed by atoms with Crippen LogP contribution in [-0.2, 0) is 12.6 Å². The van der Waals surface area contributed by atoms with Crippen molar-refractivity contribution in [2.24, 2.45) is 0 Å². The van der Waals surface area contributed by atoms with Crippen molar-refractivity contribution in [1.29, 1.82) is 0 Å². The molecule has 0 amide bonds. The molecular formula is C28H23F3. The lowest BCUT2D eigenvalue weighted by Crippen LogP contribution is -2.05. The fourth-order valence-corrected chi connectivity index (χ4v) is 3.96. The molecule has 4 aromatic rings. The number of aryl methyl sites for hydroxylation is 1. The van der Waals surface area contributed by atoms with Crippen molar-refractivity contribution in [2.45, 2.75) is 26.4 Å². The summed E-state index contributed by atoms with van der Waals surface area (Å²) in [7, 11) is 0. The molecule has 3 heteroatoms. The third-order valence-electron chi connectivity index (χ3n) is 5.69. The van der Waals surface area contributed by atoms with Crippen molar-refractivity contribution in [3.8, 4) is 22.3 Å². The molecule has 0 aromatic heterocycles. The topological polar surface area (TPSA) is 0 Å². The van der Waals surface area contributed by atoms with Crippen LogP contribution in [0.3, 0.4) is 0 Å². The summed E-state index contributed by atoms with van der Waals surface area (Å²) in [4.78, 5) is 0. The number of hydrogen-bond acceptors (Lipinski definition) is 0. The Morgan fingerprint density at radius 3 is 2.00 bits per heavy atom. The van der Waals surface area contributed by atoms with E-state index in [0.29, 0.717) is 12.0 Å². The molecule has 0 aliphatic heterocycles. The summed E-state index contributed by atoms with van der Waals surface area (Å²) in [5.74, 6) is 0. The molecule has 0 bridgehead atoms. The maximum absolute atomic E-state index is 13.3. The van der Waals surface area contributed by atoms with E-state index >= 15 is 0 Å². The highest BCUT2D eigenvalue weighted by Gasteiger charge is 2.30. The van der Waals surface area contributed by atoms with Gasteiger partial charge in [0.25, 0.3) is 0 Å². The molecule has 0 saturated heterocycles. The van der Waals surface area contributed by atoms with Crippen molar-refractivity contribution in [3.63, 3.8) is 0 Å². The van der Waals surface area contributed by atoms with Crippen LogP contribution in [0.5, 0.6) is 0 Å². The lowest BCUT2D eigenvalue weighted by atomic mass is 9.86. The lowest BCUT2D eigenvalue weighted by molar-refractivity contribution is -0.137. The zero-order valence-electron chi connectivity index (χ0n) is 17.5. The number of rotatable bonds is 4. The van der Waals surface area contributed by atoms with Gasteiger partial charge in [-0.05, 0) is 71.3 Å². The normalized spacial score (nSPS) is 11.5. The average Bonchev–Trinajstić information content (AvgIpc) is 2.76. The van der Waals surface area contributed by atoms with Gasteiger partial charge in [0.1, 0.15) is 0 Å². The molecule has 0 aliphatic carbocycles. The van der Waals surface area contributed by atoms with Crippen molar-refractivity contribution in [2.75, 3.05) is 0 Å². The Hall–Kier alpha value is -3.33. The standard InChI is InChI=1S/C28H23F3/c1-19-11-13-22(14-12-19)25-15-16-26(23-9-6-10-24(18-23)28(29,30)31)27(20(25)2)17-21-7-4-3-5-8-21/h3-16,18H,17H2,1-2H3. The first kappa shape index (κ1) is 20.9. The molecule has 0 unspecified atom stereocenters. The number of alkyl halides is 3. The number of hydrogen-bond donors (Lipinski definition) is 0. The van der Waals surface area contributed by atoms with E-state index in [4.69, 9.17) is 0 Å². The Labute approximate surface area is 181 Å². The molecule has 0 heterocycles. The van der Waals surface area contributed by atoms with Crippen LogP contribution in [0.15, 0.2) is 91.0 Å². The van der Waals surface area contributed by atoms with Crippen molar-refractivity contribution in [3.05, 3.63) is 119 Å². The Bertz CT molecular complexity index is 1190. The van der Waals surface area contributed by atoms with Crippen LogP contribution in [-0.4, -0.2) is 0 Å². The molecule has 0 spiro atoms. The van der Waals surface area contributed by atoms with Gasteiger partial charge in [-0.15, -0.1) is 0 Å². The summed E-state index contributed by atoms with van der Waals surface area (Å²) >= 11 is 0. The summed E-state index contributed by atoms with van der Waals surface area (Å²) in [5.41, 5.74) is 7.44. The maximum atomic E-state index is 13.3. The number of halogens is 3. The second-order valence-electron chi connectivity index (χ2n) is 7.87. The largest absolute Gasteiger partial charge is 0.416 e. The van der Waals surface area contributed by atoms with Gasteiger partial charge in [-0.3, -0.25) is 0 Å². The highest BCUT2D eigenvalue weighted by Crippen LogP contribution is 2.37. The fraction of sp³-hybridized carbons (Fsp3) is 0.143. The van der Waals surface area contributed by atoms with Crippen LogP contribution < -0.4 is 0 Å². The molecule has 0 atom stereocenters. The molecule has 156 valence electrons. The van der Waals surface area contributed by atoms with Crippen LogP contribution in [0.25, 0.3) is 22.3 Å². The van der Waals surface area contributed by atoms with Crippen molar-refractivity contribution < 1.29 is 13.2 Å². The van der Waals surface area contributed by atoms with Gasteiger partial charge in [0.15, 0.2) is 0 Å². The fourth-order valence-electron chi connectivity index (χ4n) is 3.96. The van der Waals surface area contributed by atoms with Gasteiger partial charge in [0.2, 0.25) is 0 Å². The zero-order valence-corrected chi connectivity index (χ0v) is 17.5. The van der Waals surface area contributed by atoms with E-state index in [2.05, 4.69) is 31.2 Å². The molecule has 0 aliphatic rings. The first-order valence-corrected chi connectivity index (χ1v) is 10.2. The highest BCUT2D eigenvalue weighted by molar-refractivity contribution is 5.78. The SMILES string of the molecule is Cc1ccc(-c2ccc(-c3cccc(C(F)(F)F)c3)c(Cc3ccccc3)c2C)cc1. The third kappa shape index (κ3) is 4.56. The Morgan fingerprint density at radius 2 is 1.32 bits per heavy atom. The third-order valence-corrected chi connectivity index (χ3v) is 5.69. The van der Waals surface area contributed by atoms with Gasteiger partial charge in [0.05, 0.1) is 5.56 Å². The second-order valence-corrected chi connectivity index (χ2v) is 7.87. The van der Waals surface area contributed by atoms with Gasteiger partial charge < -0.3 is 0 Å². The lowest BCUT2D eigenvalue weighted by Gasteiger charge is -2.18. The van der Waals surface area contributed by atoms with Gasteiger partial charge in [-0.1, -0.05) is 84.4 Å². The highest BCUT2D eigenvalue weighted by atomic mass is 19.4. The minimum Gasteiger partial charge on any atom is -0.166 e. The predicted octanol–water partition coefficient (Wildman–Crippen LogP) is 8.25. The van der Waals surface area contributed by atoms with Crippen LogP contribution in [0.1, 0.15) is 27.8 Å². The quantitative estimate of drug-likeness (QED) is 0.314. The first-order chi connectivity index (χ1) is 14.8. The average molecular weight is 416 g/mol. The summed E-state index contributed by atoms with van der Waals surface area (Å²) < 4.78 is 40.0. The summed E-state index contributed by atoms with van der Waals surface area (Å²) in [6.45, 7) is 4.11. The smallest absolute Gasteiger partial charge is 0.166 e. The van der Waals surface area contributed by atoms with Gasteiger partial charge in [0, 0.05) is 0 Å². The summed E-state index contributed by atoms with van der Waals surface area (Å²) in [6, 6.07) is 27.9. The van der Waals surface area contributed by atoms with Crippen LogP contribution in [0, 0.1) is 13.8 Å². The van der Waals surface area contributed by atoms with Crippen LogP contribution >= 0.6 is 0 Å². The number of benzene rings is 4. The van der Waals surface area contributed by atoms with E-state index in [9.17, 15) is 13.2 Å². The molecule has 0 radical (unpaired) electrons. The Kier molecular flexibility index (Phi) is 5.69. The monoisotopic (exact) mass is 416 g/mol. The van der Waals surface area contributed by atoms with Gasteiger partial charge >= 0.3 is 6.18 Å². The van der Waals surface area contributed by atoms with Crippen molar-refractivity contribution in [1.82, 2.24) is 0 Å². The molecule has 0 saturated carbocycles. The van der Waals surface area contributed by atoms with Crippen molar-refractivity contribution >= 4 is 0 Å². The molecular weight excluding hydrogens is 393 g/mol. The van der Waals surface area contributed by atoms with E-state index in [1.165, 1.54) is 17.7 Å². The Balaban J connectivity index is 1.89. The van der Waals surface area contributed by atoms with Crippen LogP contribution in [0.4, 0.5) is 13.2 Å². The molecule has 0 fully saturated rings. The van der Waals surface area contributed by atoms with E-state index < -0.39 is 11.7 Å². The molecule has 0 nitrogen and oxygen atoms in total. The summed E-state index contributed by atoms with van der Waals surface area (Å²) in [6.07, 6.45) is -3.72. The minimum absolute atomic E-state index is 0.583. The summed E-state index contributed by atoms with van der Waals surface area (Å²) in [5, 5.41) is 0. The van der Waals surface area contributed by atoms with E-state index in [1.807, 2.05) is 49.4 Å². The second kappa shape index (κ2) is 8.43. The molecule has 4 rings (SSSR count). The van der Waals surface area contributed by atoms with E-state index in [0.717, 1.165) is 39.4 Å². The Morgan fingerprint density at radius 1 is 0.645 bits per heavy atom. The van der Waals surface area contributed by atoms with Gasteiger partial charge in [-0.2, -0.15) is 13.2 Å². The molecule has 31 heavy (non-hydrogen) atoms. The first-order valence-electron chi connectivity index (χ1n) is 10.2. The van der Waals surface area contributed by atoms with Crippen LogP contribution in [0.2, 0.25) is 0 Å².